The quantitative estimate of drug-likeness (QED) is 0.837. The number of para-hydroxylation sites is 1. The smallest absolute Gasteiger partial charge is 0.251 e. The van der Waals surface area contributed by atoms with E-state index in [0.29, 0.717) is 18.7 Å². The summed E-state index contributed by atoms with van der Waals surface area (Å²) in [7, 11) is 0. The van der Waals surface area contributed by atoms with Crippen molar-refractivity contribution in [2.45, 2.75) is 26.1 Å². The maximum atomic E-state index is 12.5. The fraction of sp³-hybridized carbons (Fsp3) is 0.381. The van der Waals surface area contributed by atoms with E-state index in [0.717, 1.165) is 30.0 Å². The van der Waals surface area contributed by atoms with Crippen LogP contribution in [0.5, 0.6) is 5.75 Å². The summed E-state index contributed by atoms with van der Waals surface area (Å²) >= 11 is 0. The average Bonchev–Trinajstić information content (AvgIpc) is 2.67. The molecule has 1 aliphatic heterocycles. The van der Waals surface area contributed by atoms with Gasteiger partial charge in [0, 0.05) is 30.8 Å². The van der Waals surface area contributed by atoms with Crippen LogP contribution in [0, 0.1) is 0 Å². The van der Waals surface area contributed by atoms with E-state index < -0.39 is 0 Å². The van der Waals surface area contributed by atoms with Crippen LogP contribution in [-0.2, 0) is 4.74 Å². The second kappa shape index (κ2) is 8.83. The zero-order valence-corrected chi connectivity index (χ0v) is 15.3. The molecule has 26 heavy (non-hydrogen) atoms. The number of hydrogen-bond acceptors (Lipinski definition) is 4. The normalized spacial score (nSPS) is 17.1. The predicted molar refractivity (Wildman–Crippen MR) is 103 cm³/mol. The molecule has 1 amide bonds. The Labute approximate surface area is 154 Å². The molecule has 2 aromatic rings. The van der Waals surface area contributed by atoms with E-state index in [1.54, 1.807) is 0 Å². The van der Waals surface area contributed by atoms with Crippen molar-refractivity contribution in [3.63, 3.8) is 0 Å². The van der Waals surface area contributed by atoms with Gasteiger partial charge in [-0.3, -0.25) is 4.79 Å². The molecule has 1 fully saturated rings. The standard InChI is InChI=1S/C21H26N2O3/c1-15(2)26-20-9-4-3-8-19(20)16-6-5-7-17(12-16)21(24)23-14-18-13-22-10-11-25-18/h3-9,12,15,18,22H,10-11,13-14H2,1-2H3,(H,23,24)/t18-/m0/s1. The fourth-order valence-corrected chi connectivity index (χ4v) is 2.95. The molecule has 3 rings (SSSR count). The van der Waals surface area contributed by atoms with Crippen molar-refractivity contribution in [1.29, 1.82) is 0 Å². The van der Waals surface area contributed by atoms with Crippen molar-refractivity contribution in [3.05, 3.63) is 54.1 Å². The number of morpholine rings is 1. The second-order valence-electron chi connectivity index (χ2n) is 6.65. The van der Waals surface area contributed by atoms with Crippen molar-refractivity contribution < 1.29 is 14.3 Å². The van der Waals surface area contributed by atoms with E-state index in [-0.39, 0.29) is 18.1 Å². The number of ether oxygens (including phenoxy) is 2. The first-order chi connectivity index (χ1) is 12.6. The van der Waals surface area contributed by atoms with Gasteiger partial charge < -0.3 is 20.1 Å². The Hall–Kier alpha value is -2.37. The zero-order chi connectivity index (χ0) is 18.4. The van der Waals surface area contributed by atoms with E-state index in [1.807, 2.05) is 62.4 Å². The van der Waals surface area contributed by atoms with Gasteiger partial charge in [-0.15, -0.1) is 0 Å². The summed E-state index contributed by atoms with van der Waals surface area (Å²) in [4.78, 5) is 12.5. The van der Waals surface area contributed by atoms with E-state index in [4.69, 9.17) is 9.47 Å². The Morgan fingerprint density at radius 2 is 2.12 bits per heavy atom. The molecule has 0 aliphatic carbocycles. The van der Waals surface area contributed by atoms with Gasteiger partial charge in [0.1, 0.15) is 5.75 Å². The first-order valence-corrected chi connectivity index (χ1v) is 9.10. The molecule has 2 aromatic carbocycles. The highest BCUT2D eigenvalue weighted by atomic mass is 16.5. The lowest BCUT2D eigenvalue weighted by Crippen LogP contribution is -2.45. The molecular formula is C21H26N2O3. The van der Waals surface area contributed by atoms with Gasteiger partial charge in [-0.25, -0.2) is 0 Å². The minimum Gasteiger partial charge on any atom is -0.490 e. The first kappa shape index (κ1) is 18.4. The van der Waals surface area contributed by atoms with Crippen LogP contribution < -0.4 is 15.4 Å². The maximum absolute atomic E-state index is 12.5. The molecule has 138 valence electrons. The third-order valence-corrected chi connectivity index (χ3v) is 4.18. The SMILES string of the molecule is CC(C)Oc1ccccc1-c1cccc(C(=O)NC[C@@H]2CNCCO2)c1. The lowest BCUT2D eigenvalue weighted by Gasteiger charge is -2.23. The second-order valence-corrected chi connectivity index (χ2v) is 6.65. The van der Waals surface area contributed by atoms with E-state index in [2.05, 4.69) is 10.6 Å². The van der Waals surface area contributed by atoms with Crippen molar-refractivity contribution in [2.24, 2.45) is 0 Å². The molecule has 0 aromatic heterocycles. The summed E-state index contributed by atoms with van der Waals surface area (Å²) in [6.45, 7) is 6.82. The van der Waals surface area contributed by atoms with Crippen molar-refractivity contribution >= 4 is 5.91 Å². The predicted octanol–water partition coefficient (Wildman–Crippen LogP) is 2.86. The van der Waals surface area contributed by atoms with Crippen LogP contribution in [0.15, 0.2) is 48.5 Å². The maximum Gasteiger partial charge on any atom is 0.251 e. The highest BCUT2D eigenvalue weighted by molar-refractivity contribution is 5.95. The Bertz CT molecular complexity index is 740. The minimum atomic E-state index is -0.0942. The van der Waals surface area contributed by atoms with Crippen LogP contribution in [0.4, 0.5) is 0 Å². The molecule has 1 atom stereocenters. The van der Waals surface area contributed by atoms with Crippen LogP contribution in [0.2, 0.25) is 0 Å². The molecule has 0 saturated carbocycles. The third-order valence-electron chi connectivity index (χ3n) is 4.18. The van der Waals surface area contributed by atoms with Crippen LogP contribution >= 0.6 is 0 Å². The minimum absolute atomic E-state index is 0.0241. The van der Waals surface area contributed by atoms with E-state index in [1.165, 1.54) is 0 Å². The highest BCUT2D eigenvalue weighted by Crippen LogP contribution is 2.31. The van der Waals surface area contributed by atoms with E-state index in [9.17, 15) is 4.79 Å². The summed E-state index contributed by atoms with van der Waals surface area (Å²) in [5, 5.41) is 6.22. The molecule has 0 radical (unpaired) electrons. The Balaban J connectivity index is 1.73. The molecule has 1 heterocycles. The summed E-state index contributed by atoms with van der Waals surface area (Å²) in [5.41, 5.74) is 2.57. The van der Waals surface area contributed by atoms with Crippen molar-refractivity contribution in [1.82, 2.24) is 10.6 Å². The number of carbonyl (C=O) groups excluding carboxylic acids is 1. The van der Waals surface area contributed by atoms with Gasteiger partial charge in [0.15, 0.2) is 0 Å². The first-order valence-electron chi connectivity index (χ1n) is 9.10. The lowest BCUT2D eigenvalue weighted by atomic mass is 10.0. The van der Waals surface area contributed by atoms with Crippen LogP contribution in [0.3, 0.4) is 0 Å². The number of nitrogens with one attached hydrogen (secondary N) is 2. The number of rotatable bonds is 6. The van der Waals surface area contributed by atoms with Gasteiger partial charge in [-0.05, 0) is 37.6 Å². The largest absolute Gasteiger partial charge is 0.490 e. The summed E-state index contributed by atoms with van der Waals surface area (Å²) in [6, 6.07) is 15.5. The van der Waals surface area contributed by atoms with Gasteiger partial charge >= 0.3 is 0 Å². The zero-order valence-electron chi connectivity index (χ0n) is 15.3. The number of benzene rings is 2. The monoisotopic (exact) mass is 354 g/mol. The van der Waals surface area contributed by atoms with Gasteiger partial charge in [-0.1, -0.05) is 30.3 Å². The van der Waals surface area contributed by atoms with Gasteiger partial charge in [0.25, 0.3) is 5.91 Å². The summed E-state index contributed by atoms with van der Waals surface area (Å²) in [5.74, 6) is 0.727. The molecule has 1 aliphatic rings. The Kier molecular flexibility index (Phi) is 6.26. The molecular weight excluding hydrogens is 328 g/mol. The van der Waals surface area contributed by atoms with Gasteiger partial charge in [0.05, 0.1) is 18.8 Å². The van der Waals surface area contributed by atoms with Crippen LogP contribution in [0.1, 0.15) is 24.2 Å². The van der Waals surface area contributed by atoms with Crippen LogP contribution in [0.25, 0.3) is 11.1 Å². The van der Waals surface area contributed by atoms with Crippen molar-refractivity contribution in [3.8, 4) is 16.9 Å². The van der Waals surface area contributed by atoms with E-state index >= 15 is 0 Å². The fourth-order valence-electron chi connectivity index (χ4n) is 2.95. The Morgan fingerprint density at radius 1 is 1.27 bits per heavy atom. The molecule has 2 N–H and O–H groups in total. The number of amides is 1. The summed E-state index contributed by atoms with van der Waals surface area (Å²) < 4.78 is 11.5. The Morgan fingerprint density at radius 3 is 2.88 bits per heavy atom. The number of carbonyl (C=O) groups is 1. The molecule has 1 saturated heterocycles. The lowest BCUT2D eigenvalue weighted by molar-refractivity contribution is 0.0287. The van der Waals surface area contributed by atoms with Gasteiger partial charge in [-0.2, -0.15) is 0 Å². The molecule has 0 spiro atoms. The third kappa shape index (κ3) is 4.84. The number of hydrogen-bond donors (Lipinski definition) is 2. The topological polar surface area (TPSA) is 59.6 Å². The highest BCUT2D eigenvalue weighted by Gasteiger charge is 2.15. The molecule has 0 bridgehead atoms. The van der Waals surface area contributed by atoms with Gasteiger partial charge in [0.2, 0.25) is 0 Å². The van der Waals surface area contributed by atoms with Crippen molar-refractivity contribution in [2.75, 3.05) is 26.2 Å². The average molecular weight is 354 g/mol. The molecule has 0 unspecified atom stereocenters. The van der Waals surface area contributed by atoms with Crippen LogP contribution in [-0.4, -0.2) is 44.4 Å². The molecule has 5 heteroatoms. The molecule has 5 nitrogen and oxygen atoms in total. The summed E-state index contributed by atoms with van der Waals surface area (Å²) in [6.07, 6.45) is 0.114.